The Morgan fingerprint density at radius 2 is 2.38 bits per heavy atom. The van der Waals surface area contributed by atoms with Crippen molar-refractivity contribution in [3.63, 3.8) is 0 Å². The molecule has 0 saturated heterocycles. The number of pyridine rings is 1. The first-order chi connectivity index (χ1) is 6.20. The Hall–Kier alpha value is -1.29. The van der Waals surface area contributed by atoms with Crippen molar-refractivity contribution in [2.24, 2.45) is 5.73 Å². The molecular formula is C9H14N2O2. The zero-order valence-electron chi connectivity index (χ0n) is 7.86. The standard InChI is InChI=1S/C9H14N2O2/c1-7(6-10)11-5-3-4-8(13-2)9(11)12/h3-5,7H,6,10H2,1-2H3. The second-order valence-corrected chi connectivity index (χ2v) is 2.87. The summed E-state index contributed by atoms with van der Waals surface area (Å²) in [5, 5.41) is 0. The molecule has 0 amide bonds. The molecule has 1 aromatic heterocycles. The number of rotatable bonds is 3. The van der Waals surface area contributed by atoms with Crippen LogP contribution in [0.2, 0.25) is 0 Å². The molecule has 0 aromatic carbocycles. The summed E-state index contributed by atoms with van der Waals surface area (Å²) in [6.45, 7) is 2.33. The SMILES string of the molecule is COc1cccn(C(C)CN)c1=O. The summed E-state index contributed by atoms with van der Waals surface area (Å²) in [6.07, 6.45) is 1.71. The van der Waals surface area contributed by atoms with Crippen LogP contribution in [-0.2, 0) is 0 Å². The maximum atomic E-state index is 11.6. The molecule has 1 aromatic rings. The lowest BCUT2D eigenvalue weighted by Gasteiger charge is -2.12. The maximum absolute atomic E-state index is 11.6. The Kier molecular flexibility index (Phi) is 3.08. The van der Waals surface area contributed by atoms with E-state index in [1.807, 2.05) is 6.92 Å². The van der Waals surface area contributed by atoms with Crippen LogP contribution in [0.25, 0.3) is 0 Å². The summed E-state index contributed by atoms with van der Waals surface area (Å²) in [5.41, 5.74) is 5.33. The second-order valence-electron chi connectivity index (χ2n) is 2.87. The monoisotopic (exact) mass is 182 g/mol. The molecule has 0 radical (unpaired) electrons. The van der Waals surface area contributed by atoms with Crippen LogP contribution >= 0.6 is 0 Å². The molecule has 4 nitrogen and oxygen atoms in total. The lowest BCUT2D eigenvalue weighted by atomic mass is 10.3. The molecule has 1 rings (SSSR count). The highest BCUT2D eigenvalue weighted by Crippen LogP contribution is 2.04. The fourth-order valence-electron chi connectivity index (χ4n) is 1.11. The maximum Gasteiger partial charge on any atom is 0.293 e. The van der Waals surface area contributed by atoms with Gasteiger partial charge in [0.05, 0.1) is 7.11 Å². The third kappa shape index (κ3) is 1.89. The third-order valence-electron chi connectivity index (χ3n) is 1.98. The number of methoxy groups -OCH3 is 1. The van der Waals surface area contributed by atoms with E-state index in [4.69, 9.17) is 10.5 Å². The van der Waals surface area contributed by atoms with Crippen LogP contribution in [0.4, 0.5) is 0 Å². The highest BCUT2D eigenvalue weighted by Gasteiger charge is 2.06. The first-order valence-electron chi connectivity index (χ1n) is 4.16. The molecule has 1 atom stereocenters. The predicted octanol–water partition coefficient (Wildman–Crippen LogP) is 0.377. The van der Waals surface area contributed by atoms with E-state index in [0.717, 1.165) is 0 Å². The molecule has 4 heteroatoms. The number of nitrogens with zero attached hydrogens (tertiary/aromatic N) is 1. The van der Waals surface area contributed by atoms with Crippen LogP contribution in [0.1, 0.15) is 13.0 Å². The van der Waals surface area contributed by atoms with Gasteiger partial charge < -0.3 is 15.0 Å². The molecular weight excluding hydrogens is 168 g/mol. The smallest absolute Gasteiger partial charge is 0.293 e. The van der Waals surface area contributed by atoms with E-state index < -0.39 is 0 Å². The van der Waals surface area contributed by atoms with Crippen molar-refractivity contribution in [2.75, 3.05) is 13.7 Å². The number of aromatic nitrogens is 1. The average molecular weight is 182 g/mol. The van der Waals surface area contributed by atoms with Gasteiger partial charge in [0.2, 0.25) is 0 Å². The van der Waals surface area contributed by atoms with Crippen molar-refractivity contribution in [1.29, 1.82) is 0 Å². The Morgan fingerprint density at radius 3 is 2.92 bits per heavy atom. The van der Waals surface area contributed by atoms with Crippen molar-refractivity contribution in [2.45, 2.75) is 13.0 Å². The van der Waals surface area contributed by atoms with Gasteiger partial charge in [0, 0.05) is 18.8 Å². The fourth-order valence-corrected chi connectivity index (χ4v) is 1.11. The van der Waals surface area contributed by atoms with Gasteiger partial charge in [0.1, 0.15) is 0 Å². The highest BCUT2D eigenvalue weighted by molar-refractivity contribution is 5.17. The summed E-state index contributed by atoms with van der Waals surface area (Å²) >= 11 is 0. The quantitative estimate of drug-likeness (QED) is 0.735. The minimum atomic E-state index is -0.136. The Morgan fingerprint density at radius 1 is 1.69 bits per heavy atom. The summed E-state index contributed by atoms with van der Waals surface area (Å²) in [7, 11) is 1.48. The Labute approximate surface area is 76.9 Å². The van der Waals surface area contributed by atoms with Gasteiger partial charge in [-0.3, -0.25) is 4.79 Å². The lowest BCUT2D eigenvalue weighted by molar-refractivity contribution is 0.397. The molecule has 0 bridgehead atoms. The minimum Gasteiger partial charge on any atom is -0.491 e. The number of ether oxygens (including phenoxy) is 1. The molecule has 0 saturated carbocycles. The topological polar surface area (TPSA) is 57.2 Å². The molecule has 0 fully saturated rings. The zero-order chi connectivity index (χ0) is 9.84. The molecule has 0 aliphatic rings. The van der Waals surface area contributed by atoms with E-state index in [0.29, 0.717) is 12.3 Å². The summed E-state index contributed by atoms with van der Waals surface area (Å²) in [4.78, 5) is 11.6. The average Bonchev–Trinajstić information content (AvgIpc) is 2.17. The molecule has 0 spiro atoms. The number of hydrogen-bond acceptors (Lipinski definition) is 3. The summed E-state index contributed by atoms with van der Waals surface area (Å²) in [6, 6.07) is 3.41. The van der Waals surface area contributed by atoms with Crippen molar-refractivity contribution in [3.05, 3.63) is 28.7 Å². The van der Waals surface area contributed by atoms with E-state index in [1.54, 1.807) is 22.9 Å². The number of nitrogens with two attached hydrogens (primary N) is 1. The van der Waals surface area contributed by atoms with Gasteiger partial charge in [-0.25, -0.2) is 0 Å². The molecule has 2 N–H and O–H groups in total. The molecule has 0 aliphatic carbocycles. The van der Waals surface area contributed by atoms with E-state index in [-0.39, 0.29) is 11.6 Å². The van der Waals surface area contributed by atoms with Gasteiger partial charge in [0.25, 0.3) is 5.56 Å². The Balaban J connectivity index is 3.16. The van der Waals surface area contributed by atoms with Crippen LogP contribution in [0, 0.1) is 0 Å². The predicted molar refractivity (Wildman–Crippen MR) is 51.0 cm³/mol. The van der Waals surface area contributed by atoms with Gasteiger partial charge >= 0.3 is 0 Å². The molecule has 13 heavy (non-hydrogen) atoms. The second kappa shape index (κ2) is 4.09. The zero-order valence-corrected chi connectivity index (χ0v) is 7.86. The number of hydrogen-bond donors (Lipinski definition) is 1. The van der Waals surface area contributed by atoms with E-state index in [1.165, 1.54) is 7.11 Å². The third-order valence-corrected chi connectivity index (χ3v) is 1.98. The molecule has 0 aliphatic heterocycles. The normalized spacial score (nSPS) is 12.5. The van der Waals surface area contributed by atoms with E-state index in [2.05, 4.69) is 0 Å². The van der Waals surface area contributed by atoms with E-state index >= 15 is 0 Å². The van der Waals surface area contributed by atoms with Crippen LogP contribution in [0.5, 0.6) is 5.75 Å². The van der Waals surface area contributed by atoms with Gasteiger partial charge in [-0.2, -0.15) is 0 Å². The van der Waals surface area contributed by atoms with Gasteiger partial charge in [-0.15, -0.1) is 0 Å². The lowest BCUT2D eigenvalue weighted by Crippen LogP contribution is -2.27. The highest BCUT2D eigenvalue weighted by atomic mass is 16.5. The van der Waals surface area contributed by atoms with Crippen LogP contribution in [-0.4, -0.2) is 18.2 Å². The van der Waals surface area contributed by atoms with E-state index in [9.17, 15) is 4.79 Å². The Bertz CT molecular complexity index is 333. The van der Waals surface area contributed by atoms with Crippen molar-refractivity contribution in [1.82, 2.24) is 4.57 Å². The van der Waals surface area contributed by atoms with Gasteiger partial charge in [0.15, 0.2) is 5.75 Å². The fraction of sp³-hybridized carbons (Fsp3) is 0.444. The molecule has 1 heterocycles. The van der Waals surface area contributed by atoms with Crippen molar-refractivity contribution < 1.29 is 4.74 Å². The van der Waals surface area contributed by atoms with Crippen LogP contribution in [0.15, 0.2) is 23.1 Å². The van der Waals surface area contributed by atoms with Crippen LogP contribution in [0.3, 0.4) is 0 Å². The molecule has 72 valence electrons. The minimum absolute atomic E-state index is 0.00241. The first kappa shape index (κ1) is 9.80. The van der Waals surface area contributed by atoms with Crippen molar-refractivity contribution in [3.8, 4) is 5.75 Å². The largest absolute Gasteiger partial charge is 0.491 e. The summed E-state index contributed by atoms with van der Waals surface area (Å²) < 4.78 is 6.47. The van der Waals surface area contributed by atoms with Crippen LogP contribution < -0.4 is 16.0 Å². The van der Waals surface area contributed by atoms with Gasteiger partial charge in [-0.05, 0) is 19.1 Å². The van der Waals surface area contributed by atoms with Crippen molar-refractivity contribution >= 4 is 0 Å². The van der Waals surface area contributed by atoms with Gasteiger partial charge in [-0.1, -0.05) is 0 Å². The molecule has 1 unspecified atom stereocenters. The summed E-state index contributed by atoms with van der Waals surface area (Å²) in [5.74, 6) is 0.350. The first-order valence-corrected chi connectivity index (χ1v) is 4.16.